The summed E-state index contributed by atoms with van der Waals surface area (Å²) in [5, 5.41) is 0. The molecule has 0 spiro atoms. The highest BCUT2D eigenvalue weighted by molar-refractivity contribution is 5.38. The zero-order valence-corrected chi connectivity index (χ0v) is 10.8. The fraction of sp³-hybridized carbons (Fsp3) is 0.286. The van der Waals surface area contributed by atoms with Crippen LogP contribution in [-0.4, -0.2) is 16.2 Å². The Morgan fingerprint density at radius 2 is 2.15 bits per heavy atom. The summed E-state index contributed by atoms with van der Waals surface area (Å²) < 4.78 is 7.04. The molecule has 1 atom stereocenters. The van der Waals surface area contributed by atoms with E-state index in [4.69, 9.17) is 10.5 Å². The molecule has 3 N–H and O–H groups in total. The van der Waals surface area contributed by atoms with Crippen molar-refractivity contribution in [2.75, 3.05) is 12.3 Å². The number of nitrogens with zero attached hydrogens (tertiary/aromatic N) is 1. The number of ether oxygens (including phenoxy) is 1. The molecule has 1 unspecified atom stereocenters. The summed E-state index contributed by atoms with van der Waals surface area (Å²) in [6.45, 7) is 1.09. The van der Waals surface area contributed by atoms with Crippen molar-refractivity contribution in [3.63, 3.8) is 0 Å². The van der Waals surface area contributed by atoms with Crippen LogP contribution in [0.1, 0.15) is 17.9 Å². The number of anilines is 1. The average molecular weight is 273 g/mol. The van der Waals surface area contributed by atoms with Gasteiger partial charge in [0.1, 0.15) is 11.4 Å². The van der Waals surface area contributed by atoms with Gasteiger partial charge in [0.05, 0.1) is 6.61 Å². The molecule has 0 saturated carbocycles. The van der Waals surface area contributed by atoms with Crippen LogP contribution >= 0.6 is 0 Å². The molecule has 2 heterocycles. The van der Waals surface area contributed by atoms with Crippen molar-refractivity contribution in [1.29, 1.82) is 0 Å². The number of benzene rings is 1. The van der Waals surface area contributed by atoms with Crippen molar-refractivity contribution in [2.24, 2.45) is 0 Å². The second kappa shape index (κ2) is 4.88. The molecule has 1 aromatic carbocycles. The van der Waals surface area contributed by atoms with Gasteiger partial charge in [-0.2, -0.15) is 0 Å². The standard InChI is InChI=1S/C14H15N3O3/c15-11-8-17(14(19)16-13(11)18)7-9-5-6-20-12-4-2-1-3-10(9)12/h1-4,8-9H,5-7,15H2,(H,16,18,19). The molecule has 0 saturated heterocycles. The van der Waals surface area contributed by atoms with Gasteiger partial charge in [0.15, 0.2) is 0 Å². The van der Waals surface area contributed by atoms with Gasteiger partial charge in [0.25, 0.3) is 5.56 Å². The number of H-pyrrole nitrogens is 1. The zero-order valence-electron chi connectivity index (χ0n) is 10.8. The van der Waals surface area contributed by atoms with E-state index in [0.29, 0.717) is 13.2 Å². The number of rotatable bonds is 2. The first-order valence-corrected chi connectivity index (χ1v) is 6.46. The molecule has 0 amide bonds. The Kier molecular flexibility index (Phi) is 3.06. The third-order valence-electron chi connectivity index (χ3n) is 3.54. The second-order valence-electron chi connectivity index (χ2n) is 4.87. The van der Waals surface area contributed by atoms with Crippen molar-refractivity contribution < 1.29 is 4.74 Å². The van der Waals surface area contributed by atoms with E-state index in [-0.39, 0.29) is 11.6 Å². The van der Waals surface area contributed by atoms with Crippen molar-refractivity contribution in [3.05, 3.63) is 56.9 Å². The van der Waals surface area contributed by atoms with Gasteiger partial charge in [-0.1, -0.05) is 18.2 Å². The number of aromatic amines is 1. The molecular formula is C14H15N3O3. The molecule has 0 fully saturated rings. The van der Waals surface area contributed by atoms with Gasteiger partial charge in [0.2, 0.25) is 0 Å². The Labute approximate surface area is 114 Å². The lowest BCUT2D eigenvalue weighted by molar-refractivity contribution is 0.258. The molecule has 1 aliphatic heterocycles. The van der Waals surface area contributed by atoms with Crippen molar-refractivity contribution >= 4 is 5.69 Å². The maximum atomic E-state index is 11.8. The molecule has 0 aliphatic carbocycles. The maximum absolute atomic E-state index is 11.8. The summed E-state index contributed by atoms with van der Waals surface area (Å²) in [5.41, 5.74) is 5.71. The topological polar surface area (TPSA) is 90.1 Å². The van der Waals surface area contributed by atoms with E-state index in [1.54, 1.807) is 0 Å². The van der Waals surface area contributed by atoms with Gasteiger partial charge in [-0.3, -0.25) is 14.3 Å². The van der Waals surface area contributed by atoms with E-state index >= 15 is 0 Å². The number of hydrogen-bond acceptors (Lipinski definition) is 4. The normalized spacial score (nSPS) is 17.3. The maximum Gasteiger partial charge on any atom is 0.328 e. The van der Waals surface area contributed by atoms with E-state index in [1.807, 2.05) is 24.3 Å². The monoisotopic (exact) mass is 273 g/mol. The highest BCUT2D eigenvalue weighted by Crippen LogP contribution is 2.33. The van der Waals surface area contributed by atoms with Crippen LogP contribution < -0.4 is 21.7 Å². The number of aromatic nitrogens is 2. The van der Waals surface area contributed by atoms with Gasteiger partial charge in [-0.05, 0) is 18.1 Å². The minimum Gasteiger partial charge on any atom is -0.493 e. The smallest absolute Gasteiger partial charge is 0.328 e. The number of nitrogens with two attached hydrogens (primary N) is 1. The van der Waals surface area contributed by atoms with E-state index in [1.165, 1.54) is 10.8 Å². The Balaban J connectivity index is 1.95. The molecular weight excluding hydrogens is 258 g/mol. The summed E-state index contributed by atoms with van der Waals surface area (Å²) in [6.07, 6.45) is 2.22. The summed E-state index contributed by atoms with van der Waals surface area (Å²) in [5.74, 6) is 1.03. The molecule has 1 aromatic heterocycles. The van der Waals surface area contributed by atoms with Gasteiger partial charge in [-0.15, -0.1) is 0 Å². The van der Waals surface area contributed by atoms with E-state index in [0.717, 1.165) is 17.7 Å². The number of fused-ring (bicyclic) bond motifs is 1. The molecule has 104 valence electrons. The van der Waals surface area contributed by atoms with Crippen LogP contribution in [0.2, 0.25) is 0 Å². The quantitative estimate of drug-likeness (QED) is 0.842. The highest BCUT2D eigenvalue weighted by atomic mass is 16.5. The second-order valence-corrected chi connectivity index (χ2v) is 4.87. The van der Waals surface area contributed by atoms with Gasteiger partial charge in [0, 0.05) is 18.7 Å². The third kappa shape index (κ3) is 2.20. The van der Waals surface area contributed by atoms with Crippen molar-refractivity contribution in [1.82, 2.24) is 9.55 Å². The lowest BCUT2D eigenvalue weighted by Gasteiger charge is -2.26. The third-order valence-corrected chi connectivity index (χ3v) is 3.54. The minimum absolute atomic E-state index is 0.0462. The average Bonchev–Trinajstić information content (AvgIpc) is 2.45. The number of nitrogen functional groups attached to an aromatic ring is 1. The van der Waals surface area contributed by atoms with Crippen LogP contribution in [0.5, 0.6) is 5.75 Å². The largest absolute Gasteiger partial charge is 0.493 e. The predicted molar refractivity (Wildman–Crippen MR) is 75.0 cm³/mol. The summed E-state index contributed by atoms with van der Waals surface area (Å²) in [4.78, 5) is 25.3. The van der Waals surface area contributed by atoms with E-state index in [9.17, 15) is 9.59 Å². The van der Waals surface area contributed by atoms with Crippen LogP contribution in [0.25, 0.3) is 0 Å². The highest BCUT2D eigenvalue weighted by Gasteiger charge is 2.21. The van der Waals surface area contributed by atoms with E-state index in [2.05, 4.69) is 4.98 Å². The molecule has 6 nitrogen and oxygen atoms in total. The zero-order chi connectivity index (χ0) is 14.1. The lowest BCUT2D eigenvalue weighted by Crippen LogP contribution is -2.33. The lowest BCUT2D eigenvalue weighted by atomic mass is 9.93. The Hall–Kier alpha value is -2.50. The first kappa shape index (κ1) is 12.5. The van der Waals surface area contributed by atoms with Gasteiger partial charge in [-0.25, -0.2) is 4.79 Å². The Bertz CT molecular complexity index is 748. The minimum atomic E-state index is -0.543. The first-order valence-electron chi connectivity index (χ1n) is 6.46. The van der Waals surface area contributed by atoms with Crippen LogP contribution in [0, 0.1) is 0 Å². The summed E-state index contributed by atoms with van der Waals surface area (Å²) in [7, 11) is 0. The molecule has 6 heteroatoms. The fourth-order valence-corrected chi connectivity index (χ4v) is 2.50. The van der Waals surface area contributed by atoms with Crippen molar-refractivity contribution in [2.45, 2.75) is 18.9 Å². The molecule has 0 radical (unpaired) electrons. The van der Waals surface area contributed by atoms with Crippen LogP contribution in [0.4, 0.5) is 5.69 Å². The Morgan fingerprint density at radius 1 is 1.35 bits per heavy atom. The summed E-state index contributed by atoms with van der Waals surface area (Å²) >= 11 is 0. The van der Waals surface area contributed by atoms with Crippen molar-refractivity contribution in [3.8, 4) is 5.75 Å². The Morgan fingerprint density at radius 3 is 3.00 bits per heavy atom. The molecule has 2 aromatic rings. The number of nitrogens with one attached hydrogen (secondary N) is 1. The SMILES string of the molecule is Nc1cn(CC2CCOc3ccccc32)c(=O)[nH]c1=O. The van der Waals surface area contributed by atoms with Gasteiger partial charge >= 0.3 is 5.69 Å². The molecule has 20 heavy (non-hydrogen) atoms. The predicted octanol–water partition coefficient (Wildman–Crippen LogP) is 0.685. The number of para-hydroxylation sites is 1. The fourth-order valence-electron chi connectivity index (χ4n) is 2.50. The van der Waals surface area contributed by atoms with Crippen LogP contribution in [0.3, 0.4) is 0 Å². The molecule has 3 rings (SSSR count). The van der Waals surface area contributed by atoms with Gasteiger partial charge < -0.3 is 10.5 Å². The van der Waals surface area contributed by atoms with Crippen LogP contribution in [-0.2, 0) is 6.54 Å². The first-order chi connectivity index (χ1) is 9.65. The summed E-state index contributed by atoms with van der Waals surface area (Å²) in [6, 6.07) is 7.79. The molecule has 0 bridgehead atoms. The number of hydrogen-bond donors (Lipinski definition) is 2. The van der Waals surface area contributed by atoms with Crippen LogP contribution in [0.15, 0.2) is 40.1 Å². The molecule has 1 aliphatic rings. The van der Waals surface area contributed by atoms with E-state index < -0.39 is 11.2 Å².